The summed E-state index contributed by atoms with van der Waals surface area (Å²) in [6.45, 7) is 8.48. The van der Waals surface area contributed by atoms with Gasteiger partial charge in [-0.2, -0.15) is 0 Å². The van der Waals surface area contributed by atoms with Gasteiger partial charge in [0.05, 0.1) is 10.6 Å². The maximum absolute atomic E-state index is 12.0. The van der Waals surface area contributed by atoms with Gasteiger partial charge >= 0.3 is 0 Å². The van der Waals surface area contributed by atoms with Crippen molar-refractivity contribution in [3.05, 3.63) is 16.5 Å². The number of nitrogens with one attached hydrogen (secondary N) is 1. The van der Waals surface area contributed by atoms with Crippen molar-refractivity contribution in [2.24, 2.45) is 11.8 Å². The first kappa shape index (κ1) is 18.5. The van der Waals surface area contributed by atoms with Gasteiger partial charge in [-0.25, -0.2) is 0 Å². The van der Waals surface area contributed by atoms with Crippen molar-refractivity contribution in [3.8, 4) is 10.8 Å². The molecule has 1 N–H and O–H groups in total. The van der Waals surface area contributed by atoms with Crippen molar-refractivity contribution in [1.29, 1.82) is 0 Å². The van der Waals surface area contributed by atoms with E-state index in [0.29, 0.717) is 17.0 Å². The lowest BCUT2D eigenvalue weighted by Gasteiger charge is -2.16. The van der Waals surface area contributed by atoms with Gasteiger partial charge in [-0.1, -0.05) is 32.5 Å². The number of hydrogen-bond donors (Lipinski definition) is 1. The van der Waals surface area contributed by atoms with Gasteiger partial charge in [0.15, 0.2) is 0 Å². The summed E-state index contributed by atoms with van der Waals surface area (Å²) in [6, 6.07) is 2.35. The van der Waals surface area contributed by atoms with Crippen LogP contribution in [0.15, 0.2) is 15.7 Å². The number of thioether (sulfide) groups is 1. The number of carbonyl (C=O) groups excluding carboxylic acids is 1. The van der Waals surface area contributed by atoms with Crippen LogP contribution in [0.1, 0.15) is 44.6 Å². The number of fused-ring (bicyclic) bond motifs is 1. The molecule has 0 unspecified atom stereocenters. The van der Waals surface area contributed by atoms with Crippen LogP contribution in [0.25, 0.3) is 10.8 Å². The van der Waals surface area contributed by atoms with Crippen LogP contribution in [-0.4, -0.2) is 27.9 Å². The van der Waals surface area contributed by atoms with Crippen LogP contribution in [0.5, 0.6) is 0 Å². The molecule has 5 nitrogen and oxygen atoms in total. The summed E-state index contributed by atoms with van der Waals surface area (Å²) in [4.78, 5) is 14.4. The summed E-state index contributed by atoms with van der Waals surface area (Å²) in [5.74, 6) is 2.00. The van der Waals surface area contributed by atoms with Gasteiger partial charge in [0.25, 0.3) is 11.1 Å². The third-order valence-electron chi connectivity index (χ3n) is 4.66. The average Bonchev–Trinajstić information content (AvgIpc) is 3.18. The molecule has 0 radical (unpaired) electrons. The molecule has 3 rings (SSSR count). The zero-order valence-electron chi connectivity index (χ0n) is 15.2. The summed E-state index contributed by atoms with van der Waals surface area (Å²) >= 11 is 3.04. The Morgan fingerprint density at radius 3 is 3.00 bits per heavy atom. The molecular weight excluding hydrogens is 354 g/mol. The van der Waals surface area contributed by atoms with Crippen LogP contribution in [0.2, 0.25) is 0 Å². The first-order chi connectivity index (χ1) is 11.9. The van der Waals surface area contributed by atoms with Gasteiger partial charge in [-0.05, 0) is 49.7 Å². The number of aromatic nitrogens is 2. The number of hydrogen-bond acceptors (Lipinski definition) is 6. The second kappa shape index (κ2) is 7.91. The number of thiophene rings is 1. The molecule has 0 aliphatic heterocycles. The van der Waals surface area contributed by atoms with Gasteiger partial charge in [0.2, 0.25) is 5.91 Å². The zero-order chi connectivity index (χ0) is 18.0. The third kappa shape index (κ3) is 4.64. The Morgan fingerprint density at radius 2 is 2.24 bits per heavy atom. The normalized spacial score (nSPS) is 18.2. The second-order valence-corrected chi connectivity index (χ2v) is 9.23. The van der Waals surface area contributed by atoms with Crippen LogP contribution in [0.3, 0.4) is 0 Å². The topological polar surface area (TPSA) is 68.0 Å². The van der Waals surface area contributed by atoms with Crippen molar-refractivity contribution in [3.63, 3.8) is 0 Å². The molecule has 0 fully saturated rings. The quantitative estimate of drug-likeness (QED) is 0.763. The van der Waals surface area contributed by atoms with Crippen LogP contribution in [-0.2, 0) is 17.6 Å². The van der Waals surface area contributed by atoms with Gasteiger partial charge < -0.3 is 9.73 Å². The van der Waals surface area contributed by atoms with E-state index in [1.165, 1.54) is 28.6 Å². The van der Waals surface area contributed by atoms with E-state index >= 15 is 0 Å². The lowest BCUT2D eigenvalue weighted by Crippen LogP contribution is -2.37. The smallest absolute Gasteiger partial charge is 0.277 e. The molecule has 0 saturated heterocycles. The molecule has 1 aliphatic carbocycles. The van der Waals surface area contributed by atoms with E-state index in [-0.39, 0.29) is 17.7 Å². The van der Waals surface area contributed by atoms with E-state index in [4.69, 9.17) is 4.42 Å². The second-order valence-electron chi connectivity index (χ2n) is 7.17. The van der Waals surface area contributed by atoms with Crippen molar-refractivity contribution in [1.82, 2.24) is 15.5 Å². The maximum Gasteiger partial charge on any atom is 0.277 e. The number of nitrogens with zero attached hydrogens (tertiary/aromatic N) is 2. The standard InChI is InChI=1S/C18H25N3O2S2/c1-10(2)12(4)19-16(22)9-24-18-21-20-17(23-18)15-8-13-7-11(3)5-6-14(13)25-15/h8,10-12H,5-7,9H2,1-4H3,(H,19,22)/t11-,12+/m1/s1. The Morgan fingerprint density at radius 1 is 1.44 bits per heavy atom. The molecule has 2 atom stereocenters. The van der Waals surface area contributed by atoms with E-state index in [1.807, 2.05) is 6.92 Å². The Kier molecular flexibility index (Phi) is 5.84. The van der Waals surface area contributed by atoms with Crippen molar-refractivity contribution >= 4 is 29.0 Å². The lowest BCUT2D eigenvalue weighted by molar-refractivity contribution is -0.119. The summed E-state index contributed by atoms with van der Waals surface area (Å²) in [5, 5.41) is 11.7. The molecule has 2 aromatic heterocycles. The number of carbonyl (C=O) groups is 1. The van der Waals surface area contributed by atoms with Crippen LogP contribution >= 0.6 is 23.1 Å². The molecule has 0 bridgehead atoms. The molecule has 0 aromatic carbocycles. The predicted molar refractivity (Wildman–Crippen MR) is 102 cm³/mol. The number of aryl methyl sites for hydroxylation is 1. The first-order valence-electron chi connectivity index (χ1n) is 8.80. The van der Waals surface area contributed by atoms with E-state index in [2.05, 4.69) is 42.4 Å². The van der Waals surface area contributed by atoms with Crippen molar-refractivity contribution in [2.45, 2.75) is 58.2 Å². The number of rotatable bonds is 6. The summed E-state index contributed by atoms with van der Waals surface area (Å²) in [5.41, 5.74) is 1.42. The van der Waals surface area contributed by atoms with E-state index < -0.39 is 0 Å². The van der Waals surface area contributed by atoms with Gasteiger partial charge in [0.1, 0.15) is 0 Å². The van der Waals surface area contributed by atoms with E-state index in [1.54, 1.807) is 11.3 Å². The lowest BCUT2D eigenvalue weighted by atomic mass is 9.90. The Labute approximate surface area is 157 Å². The minimum absolute atomic E-state index is 0.00785. The third-order valence-corrected chi connectivity index (χ3v) is 6.71. The minimum Gasteiger partial charge on any atom is -0.410 e. The molecule has 136 valence electrons. The molecule has 1 amide bonds. The Balaban J connectivity index is 1.59. The van der Waals surface area contributed by atoms with Gasteiger partial charge in [-0.15, -0.1) is 21.5 Å². The summed E-state index contributed by atoms with van der Waals surface area (Å²) in [7, 11) is 0. The highest BCUT2D eigenvalue weighted by molar-refractivity contribution is 7.99. The highest BCUT2D eigenvalue weighted by Gasteiger charge is 2.21. The minimum atomic E-state index is -0.00785. The van der Waals surface area contributed by atoms with E-state index in [9.17, 15) is 4.79 Å². The molecule has 0 spiro atoms. The Hall–Kier alpha value is -1.34. The van der Waals surface area contributed by atoms with Crippen molar-refractivity contribution < 1.29 is 9.21 Å². The molecule has 0 saturated carbocycles. The fourth-order valence-corrected chi connectivity index (χ4v) is 4.47. The zero-order valence-corrected chi connectivity index (χ0v) is 16.8. The first-order valence-corrected chi connectivity index (χ1v) is 10.6. The summed E-state index contributed by atoms with van der Waals surface area (Å²) in [6.07, 6.45) is 3.53. The fraction of sp³-hybridized carbons (Fsp3) is 0.611. The largest absolute Gasteiger partial charge is 0.410 e. The number of amides is 1. The highest BCUT2D eigenvalue weighted by atomic mass is 32.2. The maximum atomic E-state index is 12.0. The molecular formula is C18H25N3O2S2. The van der Waals surface area contributed by atoms with E-state index in [0.717, 1.165) is 23.6 Å². The van der Waals surface area contributed by atoms with Gasteiger partial charge in [-0.3, -0.25) is 4.79 Å². The van der Waals surface area contributed by atoms with Gasteiger partial charge in [0, 0.05) is 10.9 Å². The van der Waals surface area contributed by atoms with Crippen molar-refractivity contribution in [2.75, 3.05) is 5.75 Å². The molecule has 25 heavy (non-hydrogen) atoms. The average molecular weight is 380 g/mol. The predicted octanol–water partition coefficient (Wildman–Crippen LogP) is 4.18. The summed E-state index contributed by atoms with van der Waals surface area (Å²) < 4.78 is 5.75. The fourth-order valence-electron chi connectivity index (χ4n) is 2.77. The highest BCUT2D eigenvalue weighted by Crippen LogP contribution is 2.37. The van der Waals surface area contributed by atoms with Crippen LogP contribution in [0, 0.1) is 11.8 Å². The Bertz CT molecular complexity index is 739. The van der Waals surface area contributed by atoms with Crippen LogP contribution < -0.4 is 5.32 Å². The molecule has 1 aliphatic rings. The monoisotopic (exact) mass is 379 g/mol. The SMILES string of the molecule is CC(C)[C@H](C)NC(=O)CSc1nnc(-c2cc3c(s2)CC[C@@H](C)C3)o1. The molecule has 2 aromatic rings. The molecule has 7 heteroatoms. The molecule has 2 heterocycles. The van der Waals surface area contributed by atoms with Crippen LogP contribution in [0.4, 0.5) is 0 Å².